The molecule has 98 valence electrons. The number of ketones is 1. The molecule has 0 aromatic heterocycles. The van der Waals surface area contributed by atoms with E-state index in [-0.39, 0.29) is 35.1 Å². The molecule has 2 rings (SSSR count). The van der Waals surface area contributed by atoms with Crippen LogP contribution < -0.4 is 0 Å². The summed E-state index contributed by atoms with van der Waals surface area (Å²) in [5.74, 6) is -1.33. The summed E-state index contributed by atoms with van der Waals surface area (Å²) in [4.78, 5) is 39.3. The first kappa shape index (κ1) is 12.9. The van der Waals surface area contributed by atoms with Crippen molar-refractivity contribution in [2.24, 2.45) is 5.16 Å². The van der Waals surface area contributed by atoms with Gasteiger partial charge in [-0.1, -0.05) is 16.9 Å². The van der Waals surface area contributed by atoms with Crippen molar-refractivity contribution in [3.63, 3.8) is 0 Å². The van der Waals surface area contributed by atoms with Crippen LogP contribution in [0.2, 0.25) is 0 Å². The lowest BCUT2D eigenvalue weighted by Crippen LogP contribution is -2.54. The molecular weight excluding hydrogens is 260 g/mol. The average molecular weight is 272 g/mol. The van der Waals surface area contributed by atoms with Crippen LogP contribution in [0.4, 0.5) is 0 Å². The third kappa shape index (κ3) is 2.33. The summed E-state index contributed by atoms with van der Waals surface area (Å²) >= 11 is 1.22. The van der Waals surface area contributed by atoms with Gasteiger partial charge in [-0.25, -0.2) is 4.79 Å². The first-order valence-corrected chi connectivity index (χ1v) is 6.28. The van der Waals surface area contributed by atoms with Crippen LogP contribution in [0.3, 0.4) is 0 Å². The van der Waals surface area contributed by atoms with E-state index in [0.29, 0.717) is 6.42 Å². The quantitative estimate of drug-likeness (QED) is 0.431. The molecule has 18 heavy (non-hydrogen) atoms. The van der Waals surface area contributed by atoms with Gasteiger partial charge in [0.05, 0.1) is 11.8 Å². The Hall–Kier alpha value is -1.57. The molecule has 2 aliphatic heterocycles. The Labute approximate surface area is 107 Å². The third-order valence-electron chi connectivity index (χ3n) is 2.65. The molecule has 2 fully saturated rings. The molecule has 0 aliphatic carbocycles. The highest BCUT2D eigenvalue weighted by Gasteiger charge is 2.53. The number of hydrogen-bond acceptors (Lipinski definition) is 6. The van der Waals surface area contributed by atoms with E-state index in [4.69, 9.17) is 9.94 Å². The van der Waals surface area contributed by atoms with Gasteiger partial charge in [0.2, 0.25) is 5.91 Å². The summed E-state index contributed by atoms with van der Waals surface area (Å²) in [6.45, 7) is 1.55. The van der Waals surface area contributed by atoms with Crippen LogP contribution >= 0.6 is 11.8 Å². The van der Waals surface area contributed by atoms with Crippen LogP contribution in [-0.2, 0) is 19.2 Å². The zero-order valence-electron chi connectivity index (χ0n) is 9.66. The zero-order chi connectivity index (χ0) is 13.3. The molecule has 2 atom stereocenters. The molecule has 8 heteroatoms. The molecule has 1 amide bonds. The van der Waals surface area contributed by atoms with E-state index in [1.54, 1.807) is 0 Å². The minimum Gasteiger partial charge on any atom is -0.479 e. The molecule has 1 unspecified atom stereocenters. The van der Waals surface area contributed by atoms with Crippen LogP contribution in [0.1, 0.15) is 19.8 Å². The topological polar surface area (TPSA) is 96.3 Å². The first-order valence-electron chi connectivity index (χ1n) is 5.40. The summed E-state index contributed by atoms with van der Waals surface area (Å²) in [5, 5.41) is 12.9. The predicted octanol–water partition coefficient (Wildman–Crippen LogP) is 0.0540. The predicted molar refractivity (Wildman–Crippen MR) is 63.0 cm³/mol. The third-order valence-corrected chi connectivity index (χ3v) is 3.86. The van der Waals surface area contributed by atoms with Gasteiger partial charge in [0.15, 0.2) is 6.04 Å². The van der Waals surface area contributed by atoms with E-state index >= 15 is 0 Å². The number of carboxylic acid groups (broad SMARTS) is 1. The number of aliphatic carboxylic acids is 1. The summed E-state index contributed by atoms with van der Waals surface area (Å²) in [5.41, 5.74) is 0. The van der Waals surface area contributed by atoms with Gasteiger partial charge in [-0.05, 0) is 6.92 Å². The second kappa shape index (κ2) is 4.97. The van der Waals surface area contributed by atoms with E-state index in [0.717, 1.165) is 0 Å². The highest BCUT2D eigenvalue weighted by molar-refractivity contribution is 8.15. The second-order valence-corrected chi connectivity index (χ2v) is 5.23. The van der Waals surface area contributed by atoms with E-state index in [1.807, 2.05) is 0 Å². The maximum Gasteiger partial charge on any atom is 0.333 e. The van der Waals surface area contributed by atoms with Crippen molar-refractivity contribution in [2.75, 3.05) is 6.61 Å². The van der Waals surface area contributed by atoms with Gasteiger partial charge in [-0.3, -0.25) is 9.59 Å². The fraction of sp³-hybridized carbons (Fsp3) is 0.600. The number of carbonyl (C=O) groups is 3. The number of thioether (sulfide) groups is 1. The molecule has 0 radical (unpaired) electrons. The van der Waals surface area contributed by atoms with Crippen LogP contribution in [-0.4, -0.2) is 50.7 Å². The Morgan fingerprint density at radius 1 is 1.61 bits per heavy atom. The normalized spacial score (nSPS) is 27.9. The van der Waals surface area contributed by atoms with E-state index in [9.17, 15) is 14.4 Å². The Morgan fingerprint density at radius 3 is 2.89 bits per heavy atom. The van der Waals surface area contributed by atoms with Gasteiger partial charge in [-0.15, -0.1) is 0 Å². The zero-order valence-corrected chi connectivity index (χ0v) is 10.5. The van der Waals surface area contributed by atoms with Crippen molar-refractivity contribution in [1.29, 1.82) is 0 Å². The van der Waals surface area contributed by atoms with Crippen molar-refractivity contribution in [3.8, 4) is 0 Å². The van der Waals surface area contributed by atoms with Crippen LogP contribution in [0, 0.1) is 0 Å². The minimum absolute atomic E-state index is 0.0249. The molecule has 0 spiro atoms. The molecule has 2 aliphatic rings. The second-order valence-electron chi connectivity index (χ2n) is 4.03. The number of oxime groups is 1. The first-order chi connectivity index (χ1) is 8.50. The average Bonchev–Trinajstić information content (AvgIpc) is 2.57. The molecule has 0 aromatic carbocycles. The number of fused-ring (bicyclic) bond motifs is 1. The minimum atomic E-state index is -1.12. The molecule has 7 nitrogen and oxygen atoms in total. The van der Waals surface area contributed by atoms with Crippen molar-refractivity contribution in [1.82, 2.24) is 4.90 Å². The number of nitrogens with zero attached hydrogens (tertiary/aromatic N) is 2. The fourth-order valence-corrected chi connectivity index (χ4v) is 3.02. The molecule has 0 aromatic rings. The summed E-state index contributed by atoms with van der Waals surface area (Å²) in [6, 6.07) is -1.04. The number of rotatable bonds is 5. The molecule has 0 bridgehead atoms. The van der Waals surface area contributed by atoms with Crippen molar-refractivity contribution in [2.45, 2.75) is 31.2 Å². The van der Waals surface area contributed by atoms with Crippen molar-refractivity contribution in [3.05, 3.63) is 0 Å². The van der Waals surface area contributed by atoms with E-state index in [2.05, 4.69) is 5.16 Å². The molecule has 2 heterocycles. The van der Waals surface area contributed by atoms with Crippen LogP contribution in [0.5, 0.6) is 0 Å². The Morgan fingerprint density at radius 2 is 2.33 bits per heavy atom. The lowest BCUT2D eigenvalue weighted by molar-refractivity contribution is -0.153. The number of Topliss-reactive ketones (excluding diaryl/α,β-unsaturated/α-hetero) is 1. The number of β-lactam (4-membered cyclic amide) rings is 1. The van der Waals surface area contributed by atoms with Crippen molar-refractivity contribution >= 4 is 34.5 Å². The fourth-order valence-electron chi connectivity index (χ4n) is 1.73. The molecular formula is C10H12N2O5S. The monoisotopic (exact) mass is 272 g/mol. The largest absolute Gasteiger partial charge is 0.479 e. The standard InChI is InChI=1S/C10H12N2O5S/c1-5(13)2-3-17-11-9-8(10(15)16)12-6(14)4-7(12)18-9/h7-8H,2-4H2,1H3,(H,15,16)/t7-,8?/m0/s1. The van der Waals surface area contributed by atoms with Gasteiger partial charge in [0, 0.05) is 6.42 Å². The number of amides is 1. The van der Waals surface area contributed by atoms with Crippen LogP contribution in [0.25, 0.3) is 0 Å². The SMILES string of the molecule is CC(=O)CCON=C1S[C@H]2CC(=O)N2C1C(=O)O. The summed E-state index contributed by atoms with van der Waals surface area (Å²) in [6.07, 6.45) is 0.562. The lowest BCUT2D eigenvalue weighted by Gasteiger charge is -2.34. The van der Waals surface area contributed by atoms with Gasteiger partial charge in [-0.2, -0.15) is 0 Å². The molecule has 2 saturated heterocycles. The summed E-state index contributed by atoms with van der Waals surface area (Å²) < 4.78 is 0. The summed E-state index contributed by atoms with van der Waals surface area (Å²) in [7, 11) is 0. The Bertz CT molecular complexity index is 436. The van der Waals surface area contributed by atoms with E-state index < -0.39 is 12.0 Å². The Balaban J connectivity index is 1.99. The van der Waals surface area contributed by atoms with Gasteiger partial charge in [0.1, 0.15) is 17.4 Å². The number of carboxylic acids is 1. The maximum atomic E-state index is 11.3. The molecule has 1 N–H and O–H groups in total. The highest BCUT2D eigenvalue weighted by atomic mass is 32.2. The lowest BCUT2D eigenvalue weighted by atomic mass is 10.1. The maximum absolute atomic E-state index is 11.3. The van der Waals surface area contributed by atoms with Gasteiger partial charge < -0.3 is 14.8 Å². The van der Waals surface area contributed by atoms with Crippen molar-refractivity contribution < 1.29 is 24.3 Å². The van der Waals surface area contributed by atoms with Crippen LogP contribution in [0.15, 0.2) is 5.16 Å². The number of carbonyl (C=O) groups excluding carboxylic acids is 2. The number of hydrogen-bond donors (Lipinski definition) is 1. The Kier molecular flexibility index (Phi) is 3.55. The smallest absolute Gasteiger partial charge is 0.333 e. The van der Waals surface area contributed by atoms with Gasteiger partial charge >= 0.3 is 5.97 Å². The van der Waals surface area contributed by atoms with E-state index in [1.165, 1.54) is 23.6 Å². The van der Waals surface area contributed by atoms with Gasteiger partial charge in [0.25, 0.3) is 0 Å². The molecule has 0 saturated carbocycles. The highest BCUT2D eigenvalue weighted by Crippen LogP contribution is 2.41.